The minimum Gasteiger partial charge on any atom is -0.497 e. The van der Waals surface area contributed by atoms with E-state index >= 15 is 0 Å². The van der Waals surface area contributed by atoms with Gasteiger partial charge in [0.25, 0.3) is 5.91 Å². The first-order valence-corrected chi connectivity index (χ1v) is 10.9. The molecule has 0 bridgehead atoms. The van der Waals surface area contributed by atoms with E-state index in [2.05, 4.69) is 15.9 Å². The molecule has 1 aliphatic heterocycles. The van der Waals surface area contributed by atoms with Crippen LogP contribution in [-0.2, 0) is 10.0 Å². The fourth-order valence-corrected chi connectivity index (χ4v) is 4.83. The molecule has 0 unspecified atom stereocenters. The number of nitrogens with zero attached hydrogens (tertiary/aromatic N) is 2. The Morgan fingerprint density at radius 3 is 2.07 bits per heavy atom. The zero-order chi connectivity index (χ0) is 20.3. The van der Waals surface area contributed by atoms with Gasteiger partial charge in [-0.25, -0.2) is 8.42 Å². The van der Waals surface area contributed by atoms with Crippen LogP contribution in [-0.4, -0.2) is 63.9 Å². The fourth-order valence-electron chi connectivity index (χ4n) is 2.99. The Bertz CT molecular complexity index is 955. The number of halogens is 1. The van der Waals surface area contributed by atoms with Crippen LogP contribution in [0.15, 0.2) is 51.8 Å². The maximum absolute atomic E-state index is 12.8. The molecule has 2 aromatic rings. The summed E-state index contributed by atoms with van der Waals surface area (Å²) in [6.07, 6.45) is 0. The largest absolute Gasteiger partial charge is 0.497 e. The molecule has 150 valence electrons. The summed E-state index contributed by atoms with van der Waals surface area (Å²) in [5, 5.41) is 0. The number of piperazine rings is 1. The van der Waals surface area contributed by atoms with Crippen molar-refractivity contribution in [1.29, 1.82) is 0 Å². The van der Waals surface area contributed by atoms with E-state index in [4.69, 9.17) is 9.47 Å². The van der Waals surface area contributed by atoms with Crippen molar-refractivity contribution in [3.05, 3.63) is 52.5 Å². The van der Waals surface area contributed by atoms with E-state index < -0.39 is 10.0 Å². The topological polar surface area (TPSA) is 76.2 Å². The highest BCUT2D eigenvalue weighted by atomic mass is 79.9. The van der Waals surface area contributed by atoms with E-state index in [1.807, 2.05) is 0 Å². The summed E-state index contributed by atoms with van der Waals surface area (Å²) in [6, 6.07) is 11.5. The number of rotatable bonds is 5. The zero-order valence-corrected chi connectivity index (χ0v) is 18.0. The standard InChI is InChI=1S/C19H21BrN2O5S/c1-26-14-3-6-16(7-4-14)28(24,25)22-11-9-21(10-12-22)19(23)17-13-15(27-2)5-8-18(17)20/h3-8,13H,9-12H2,1-2H3. The number of sulfonamides is 1. The summed E-state index contributed by atoms with van der Waals surface area (Å²) in [5.74, 6) is 1.03. The molecule has 0 aliphatic carbocycles. The van der Waals surface area contributed by atoms with Crippen LogP contribution >= 0.6 is 15.9 Å². The molecule has 1 amide bonds. The maximum Gasteiger partial charge on any atom is 0.255 e. The number of carbonyl (C=O) groups is 1. The average molecular weight is 469 g/mol. The average Bonchev–Trinajstić information content (AvgIpc) is 2.73. The smallest absolute Gasteiger partial charge is 0.255 e. The van der Waals surface area contributed by atoms with Crippen LogP contribution < -0.4 is 9.47 Å². The Hall–Kier alpha value is -2.10. The summed E-state index contributed by atoms with van der Waals surface area (Å²) in [6.45, 7) is 1.11. The van der Waals surface area contributed by atoms with Gasteiger partial charge < -0.3 is 14.4 Å². The predicted octanol–water partition coefficient (Wildman–Crippen LogP) is 2.61. The second-order valence-corrected chi connectivity index (χ2v) is 9.01. The molecule has 9 heteroatoms. The lowest BCUT2D eigenvalue weighted by Crippen LogP contribution is -2.50. The van der Waals surface area contributed by atoms with Gasteiger partial charge in [0.05, 0.1) is 24.7 Å². The van der Waals surface area contributed by atoms with Crippen molar-refractivity contribution in [2.24, 2.45) is 0 Å². The molecule has 0 N–H and O–H groups in total. The van der Waals surface area contributed by atoms with Gasteiger partial charge in [0.2, 0.25) is 10.0 Å². The Labute approximate surface area is 173 Å². The molecule has 28 heavy (non-hydrogen) atoms. The Kier molecular flexibility index (Phi) is 6.26. The van der Waals surface area contributed by atoms with E-state index in [0.717, 1.165) is 0 Å². The molecular weight excluding hydrogens is 448 g/mol. The van der Waals surface area contributed by atoms with Crippen molar-refractivity contribution in [3.63, 3.8) is 0 Å². The molecule has 1 aliphatic rings. The van der Waals surface area contributed by atoms with Gasteiger partial charge in [0.15, 0.2) is 0 Å². The highest BCUT2D eigenvalue weighted by molar-refractivity contribution is 9.10. The molecule has 1 fully saturated rings. The third-order valence-corrected chi connectivity index (χ3v) is 7.23. The van der Waals surface area contributed by atoms with Crippen molar-refractivity contribution < 1.29 is 22.7 Å². The van der Waals surface area contributed by atoms with Crippen molar-refractivity contribution >= 4 is 31.9 Å². The van der Waals surface area contributed by atoms with Crippen LogP contribution in [0.3, 0.4) is 0 Å². The van der Waals surface area contributed by atoms with Gasteiger partial charge in [0.1, 0.15) is 11.5 Å². The van der Waals surface area contributed by atoms with E-state index in [-0.39, 0.29) is 23.9 Å². The third-order valence-electron chi connectivity index (χ3n) is 4.63. The first kappa shape index (κ1) is 20.6. The number of amides is 1. The maximum atomic E-state index is 12.8. The quantitative estimate of drug-likeness (QED) is 0.673. The molecule has 0 aromatic heterocycles. The van der Waals surface area contributed by atoms with Crippen LogP contribution in [0.25, 0.3) is 0 Å². The Morgan fingerprint density at radius 2 is 1.50 bits per heavy atom. The zero-order valence-electron chi connectivity index (χ0n) is 15.6. The third kappa shape index (κ3) is 4.16. The summed E-state index contributed by atoms with van der Waals surface area (Å²) < 4.78 is 38.0. The molecule has 0 atom stereocenters. The molecule has 7 nitrogen and oxygen atoms in total. The highest BCUT2D eigenvalue weighted by Gasteiger charge is 2.31. The summed E-state index contributed by atoms with van der Waals surface area (Å²) >= 11 is 3.39. The lowest BCUT2D eigenvalue weighted by molar-refractivity contribution is 0.0696. The van der Waals surface area contributed by atoms with Crippen molar-refractivity contribution in [2.45, 2.75) is 4.90 Å². The second-order valence-electron chi connectivity index (χ2n) is 6.22. The monoisotopic (exact) mass is 468 g/mol. The van der Waals surface area contributed by atoms with Gasteiger partial charge in [-0.15, -0.1) is 0 Å². The van der Waals surface area contributed by atoms with E-state index in [0.29, 0.717) is 34.6 Å². The summed E-state index contributed by atoms with van der Waals surface area (Å²) in [5.41, 5.74) is 0.491. The number of benzene rings is 2. The van der Waals surface area contributed by atoms with Gasteiger partial charge in [-0.3, -0.25) is 4.79 Å². The molecule has 0 radical (unpaired) electrons. The molecule has 3 rings (SSSR count). The SMILES string of the molecule is COc1ccc(S(=O)(=O)N2CCN(C(=O)c3cc(OC)ccc3Br)CC2)cc1. The van der Waals surface area contributed by atoms with E-state index in [9.17, 15) is 13.2 Å². The van der Waals surface area contributed by atoms with Crippen LogP contribution in [0.2, 0.25) is 0 Å². The summed E-state index contributed by atoms with van der Waals surface area (Å²) in [7, 11) is -0.539. The van der Waals surface area contributed by atoms with Gasteiger partial charge in [0, 0.05) is 30.7 Å². The predicted molar refractivity (Wildman–Crippen MR) is 108 cm³/mol. The number of hydrogen-bond acceptors (Lipinski definition) is 5. The van der Waals surface area contributed by atoms with Gasteiger partial charge in [-0.1, -0.05) is 0 Å². The molecular formula is C19H21BrN2O5S. The van der Waals surface area contributed by atoms with Gasteiger partial charge in [-0.05, 0) is 58.4 Å². The number of carbonyl (C=O) groups excluding carboxylic acids is 1. The van der Waals surface area contributed by atoms with E-state index in [1.54, 1.807) is 42.3 Å². The lowest BCUT2D eigenvalue weighted by Gasteiger charge is -2.34. The van der Waals surface area contributed by atoms with E-state index in [1.165, 1.54) is 23.5 Å². The summed E-state index contributed by atoms with van der Waals surface area (Å²) in [4.78, 5) is 14.7. The molecule has 2 aromatic carbocycles. The van der Waals surface area contributed by atoms with Crippen molar-refractivity contribution in [3.8, 4) is 11.5 Å². The molecule has 0 saturated carbocycles. The van der Waals surface area contributed by atoms with Gasteiger partial charge >= 0.3 is 0 Å². The molecule has 0 spiro atoms. The number of methoxy groups -OCH3 is 2. The van der Waals surface area contributed by atoms with Gasteiger partial charge in [-0.2, -0.15) is 4.31 Å². The Balaban J connectivity index is 1.70. The normalized spacial score (nSPS) is 15.3. The van der Waals surface area contributed by atoms with Crippen molar-refractivity contribution in [2.75, 3.05) is 40.4 Å². The van der Waals surface area contributed by atoms with Crippen LogP contribution in [0, 0.1) is 0 Å². The van der Waals surface area contributed by atoms with Crippen molar-refractivity contribution in [1.82, 2.24) is 9.21 Å². The second kappa shape index (κ2) is 8.50. The molecule has 1 heterocycles. The minimum atomic E-state index is -3.61. The van der Waals surface area contributed by atoms with Crippen LogP contribution in [0.5, 0.6) is 11.5 Å². The van der Waals surface area contributed by atoms with Crippen LogP contribution in [0.1, 0.15) is 10.4 Å². The fraction of sp³-hybridized carbons (Fsp3) is 0.316. The molecule has 1 saturated heterocycles. The number of hydrogen-bond donors (Lipinski definition) is 0. The van der Waals surface area contributed by atoms with Crippen LogP contribution in [0.4, 0.5) is 0 Å². The Morgan fingerprint density at radius 1 is 0.929 bits per heavy atom. The lowest BCUT2D eigenvalue weighted by atomic mass is 10.1. The first-order chi connectivity index (χ1) is 13.4. The number of ether oxygens (including phenoxy) is 2. The minimum absolute atomic E-state index is 0.160. The first-order valence-electron chi connectivity index (χ1n) is 8.64. The highest BCUT2D eigenvalue weighted by Crippen LogP contribution is 2.25.